The molecule has 0 radical (unpaired) electrons. The van der Waals surface area contributed by atoms with E-state index in [4.69, 9.17) is 10.1 Å². The van der Waals surface area contributed by atoms with Crippen molar-refractivity contribution in [2.45, 2.75) is 19.8 Å². The Morgan fingerprint density at radius 2 is 1.92 bits per heavy atom. The number of nitrogens with one attached hydrogen (secondary N) is 3. The van der Waals surface area contributed by atoms with Crippen molar-refractivity contribution in [2.75, 3.05) is 38.8 Å². The first-order valence-corrected chi connectivity index (χ1v) is 11.5. The van der Waals surface area contributed by atoms with E-state index in [1.54, 1.807) is 37.0 Å². The van der Waals surface area contributed by atoms with E-state index in [1.807, 2.05) is 13.8 Å². The summed E-state index contributed by atoms with van der Waals surface area (Å²) >= 11 is 0. The van der Waals surface area contributed by atoms with Gasteiger partial charge in [-0.1, -0.05) is 38.7 Å². The molecule has 1 aliphatic rings. The molecule has 38 heavy (non-hydrogen) atoms. The van der Waals surface area contributed by atoms with Crippen molar-refractivity contribution in [3.05, 3.63) is 90.1 Å². The van der Waals surface area contributed by atoms with E-state index in [9.17, 15) is 13.6 Å². The number of hydrogen-bond donors (Lipinski definition) is 3. The number of anilines is 1. The first-order chi connectivity index (χ1) is 17.4. The summed E-state index contributed by atoms with van der Waals surface area (Å²) in [5.41, 5.74) is 1.07. The summed E-state index contributed by atoms with van der Waals surface area (Å²) in [4.78, 5) is 16.8. The molecule has 2 heterocycles. The van der Waals surface area contributed by atoms with E-state index in [-0.39, 0.29) is 52.3 Å². The molecule has 206 valence electrons. The summed E-state index contributed by atoms with van der Waals surface area (Å²) in [5, 5.41) is 22.5. The number of carbonyl (C=O) groups excluding carboxylic acids is 1. The third kappa shape index (κ3) is 9.70. The number of aryl methyl sites for hydroxylation is 1. The van der Waals surface area contributed by atoms with Crippen LogP contribution in [0.3, 0.4) is 0 Å². The molecule has 0 saturated heterocycles. The fourth-order valence-corrected chi connectivity index (χ4v) is 3.42. The number of aromatic nitrogens is 3. The van der Waals surface area contributed by atoms with Crippen LogP contribution in [0.15, 0.2) is 48.8 Å². The third-order valence-electron chi connectivity index (χ3n) is 5.06. The Morgan fingerprint density at radius 1 is 1.24 bits per heavy atom. The maximum atomic E-state index is 14.0. The minimum Gasteiger partial charge on any atom is -0.643 e. The molecule has 9 nitrogen and oxygen atoms in total. The topological polar surface area (TPSA) is 119 Å². The Kier molecular flexibility index (Phi) is 16.8. The van der Waals surface area contributed by atoms with Crippen molar-refractivity contribution in [3.8, 4) is 0 Å². The molecule has 1 amide bonds. The zero-order valence-electron chi connectivity index (χ0n) is 22.3. The van der Waals surface area contributed by atoms with Gasteiger partial charge in [-0.25, -0.2) is 13.8 Å². The van der Waals surface area contributed by atoms with Gasteiger partial charge in [0.05, 0.1) is 17.2 Å². The number of fused-ring (bicyclic) bond motifs is 1. The van der Waals surface area contributed by atoms with Crippen LogP contribution in [-0.4, -0.2) is 59.9 Å². The molecule has 3 aromatic rings. The molecular formula is C26H35F2N7O2W. The van der Waals surface area contributed by atoms with E-state index < -0.39 is 17.6 Å². The predicted octanol–water partition coefficient (Wildman–Crippen LogP) is 4.54. The zero-order chi connectivity index (χ0) is 26.5. The van der Waals surface area contributed by atoms with Gasteiger partial charge in [-0.15, -0.1) is 6.54 Å². The smallest absolute Gasteiger partial charge is 0.643 e. The van der Waals surface area contributed by atoms with Crippen LogP contribution in [0.1, 0.15) is 41.5 Å². The van der Waals surface area contributed by atoms with Crippen molar-refractivity contribution in [3.63, 3.8) is 0 Å². The van der Waals surface area contributed by atoms with Gasteiger partial charge in [0.2, 0.25) is 0 Å². The molecule has 0 spiro atoms. The molecule has 0 fully saturated rings. The average molecular weight is 699 g/mol. The van der Waals surface area contributed by atoms with Crippen molar-refractivity contribution in [2.24, 2.45) is 7.05 Å². The Balaban J connectivity index is 0.00000107. The second-order valence-corrected chi connectivity index (χ2v) is 7.36. The van der Waals surface area contributed by atoms with Gasteiger partial charge < -0.3 is 33.5 Å². The van der Waals surface area contributed by atoms with Crippen LogP contribution in [0.25, 0.3) is 5.32 Å². The fourth-order valence-electron chi connectivity index (χ4n) is 3.42. The summed E-state index contributed by atoms with van der Waals surface area (Å²) in [6.45, 7) is 5.36. The Hall–Kier alpha value is -3.01. The number of ether oxygens (including phenoxy) is 1. The molecule has 3 N–H and O–H groups in total. The van der Waals surface area contributed by atoms with Crippen LogP contribution in [0.5, 0.6) is 0 Å². The van der Waals surface area contributed by atoms with Gasteiger partial charge in [-0.3, -0.25) is 9.48 Å². The number of halogens is 2. The van der Waals surface area contributed by atoms with Crippen LogP contribution in [-0.2, 0) is 32.8 Å². The Bertz CT molecular complexity index is 1130. The Labute approximate surface area is 237 Å². The molecular weight excluding hydrogens is 664 g/mol. The normalized spacial score (nSPS) is 13.1. The first kappa shape index (κ1) is 35.0. The maximum absolute atomic E-state index is 14.0. The standard InChI is InChI=1S/C17H21FN7O2.C6H5F.C2H6.CH3.W/c1-25-16(22-9-24-25)12-7-21-13-6-10(18)5-11(14(13)15(12)19)17(26)23-8-20-3-4-27-2;7-6-4-2-1-3-5-6;1-2;;/h5-6,9,12,19,21H,3-4,7-8H2,1-2H3,(H,23,26);1-5H;1-2H3;1H3;/q-1;;;-1;+2. The van der Waals surface area contributed by atoms with Gasteiger partial charge in [-0.05, 0) is 24.3 Å². The minimum absolute atomic E-state index is 0. The SMILES string of the molecule is CC.COCC[N-]CNC(=O)c1cc(F)cc2c1C(=N)C(c1ncnn1C)CN2.Fc1ccccc1.[CH3-].[W+2]. The van der Waals surface area contributed by atoms with Gasteiger partial charge in [0.25, 0.3) is 5.91 Å². The van der Waals surface area contributed by atoms with Crippen molar-refractivity contribution < 1.29 is 39.4 Å². The van der Waals surface area contributed by atoms with Gasteiger partial charge in [-0.2, -0.15) is 5.10 Å². The summed E-state index contributed by atoms with van der Waals surface area (Å²) in [6.07, 6.45) is 1.41. The van der Waals surface area contributed by atoms with Crippen LogP contribution in [0.2, 0.25) is 0 Å². The monoisotopic (exact) mass is 699 g/mol. The summed E-state index contributed by atoms with van der Waals surface area (Å²) in [7, 11) is 3.31. The predicted molar refractivity (Wildman–Crippen MR) is 142 cm³/mol. The van der Waals surface area contributed by atoms with E-state index in [1.165, 1.54) is 24.5 Å². The van der Waals surface area contributed by atoms with E-state index in [0.29, 0.717) is 36.8 Å². The van der Waals surface area contributed by atoms with Gasteiger partial charge in [0.15, 0.2) is 0 Å². The summed E-state index contributed by atoms with van der Waals surface area (Å²) < 4.78 is 32.4. The molecule has 1 unspecified atom stereocenters. The summed E-state index contributed by atoms with van der Waals surface area (Å²) in [5.74, 6) is -1.01. The van der Waals surface area contributed by atoms with Crippen LogP contribution in [0.4, 0.5) is 14.5 Å². The van der Waals surface area contributed by atoms with E-state index in [2.05, 4.69) is 26.0 Å². The number of nitrogens with zero attached hydrogens (tertiary/aromatic N) is 4. The minimum atomic E-state index is -0.548. The number of benzene rings is 2. The van der Waals surface area contributed by atoms with Gasteiger partial charge in [0.1, 0.15) is 23.8 Å². The van der Waals surface area contributed by atoms with E-state index >= 15 is 0 Å². The number of hydrogen-bond acceptors (Lipinski definition) is 6. The zero-order valence-corrected chi connectivity index (χ0v) is 25.2. The second kappa shape index (κ2) is 18.3. The average Bonchev–Trinajstić information content (AvgIpc) is 3.31. The number of carbonyl (C=O) groups is 1. The maximum Gasteiger partial charge on any atom is 2.00 e. The quantitative estimate of drug-likeness (QED) is 0.248. The third-order valence-corrected chi connectivity index (χ3v) is 5.06. The number of methoxy groups -OCH3 is 1. The van der Waals surface area contributed by atoms with Crippen LogP contribution < -0.4 is 10.6 Å². The molecule has 0 bridgehead atoms. The first-order valence-electron chi connectivity index (χ1n) is 11.5. The molecule has 1 atom stereocenters. The number of rotatable bonds is 7. The van der Waals surface area contributed by atoms with Crippen molar-refractivity contribution in [1.29, 1.82) is 5.41 Å². The molecule has 4 rings (SSSR count). The van der Waals surface area contributed by atoms with Gasteiger partial charge in [0, 0.05) is 38.6 Å². The van der Waals surface area contributed by atoms with Crippen molar-refractivity contribution >= 4 is 17.3 Å². The summed E-state index contributed by atoms with van der Waals surface area (Å²) in [6, 6.07) is 10.4. The molecule has 1 aliphatic heterocycles. The fraction of sp³-hybridized carbons (Fsp3) is 0.346. The van der Waals surface area contributed by atoms with Crippen LogP contribution in [0, 0.1) is 24.5 Å². The van der Waals surface area contributed by atoms with Crippen LogP contribution >= 0.6 is 0 Å². The molecule has 0 aliphatic carbocycles. The number of amides is 1. The molecule has 12 heteroatoms. The van der Waals surface area contributed by atoms with Gasteiger partial charge >= 0.3 is 21.1 Å². The second-order valence-electron chi connectivity index (χ2n) is 7.36. The largest absolute Gasteiger partial charge is 2.00 e. The van der Waals surface area contributed by atoms with E-state index in [0.717, 1.165) is 6.07 Å². The molecule has 2 aromatic carbocycles. The van der Waals surface area contributed by atoms with Crippen molar-refractivity contribution in [1.82, 2.24) is 20.1 Å². The molecule has 0 saturated carbocycles. The molecule has 1 aromatic heterocycles. The Morgan fingerprint density at radius 3 is 2.47 bits per heavy atom.